The Morgan fingerprint density at radius 3 is 2.85 bits per heavy atom. The fraction of sp³-hybridized carbons (Fsp3) is 0.600. The summed E-state index contributed by atoms with van der Waals surface area (Å²) in [5.74, 6) is 0.670. The lowest BCUT2D eigenvalue weighted by Crippen LogP contribution is -2.26. The van der Waals surface area contributed by atoms with Crippen LogP contribution in [0.3, 0.4) is 0 Å². The number of rotatable bonds is 4. The summed E-state index contributed by atoms with van der Waals surface area (Å²) in [4.78, 5) is 1.22. The molecule has 1 aromatic rings. The predicted molar refractivity (Wildman–Crippen MR) is 54.8 cm³/mol. The topological polar surface area (TPSA) is 46.2 Å². The maximum atomic E-state index is 9.95. The lowest BCUT2D eigenvalue weighted by Gasteiger charge is -2.19. The Morgan fingerprint density at radius 1 is 1.62 bits per heavy atom. The van der Waals surface area contributed by atoms with Crippen molar-refractivity contribution in [3.8, 4) is 0 Å². The molecule has 13 heavy (non-hydrogen) atoms. The van der Waals surface area contributed by atoms with Gasteiger partial charge in [-0.2, -0.15) is 0 Å². The Morgan fingerprint density at radius 2 is 2.38 bits per heavy atom. The van der Waals surface area contributed by atoms with Crippen LogP contribution in [0.5, 0.6) is 0 Å². The van der Waals surface area contributed by atoms with Crippen LogP contribution in [-0.2, 0) is 0 Å². The molecule has 3 heteroatoms. The second-order valence-electron chi connectivity index (χ2n) is 3.69. The van der Waals surface area contributed by atoms with Gasteiger partial charge >= 0.3 is 0 Å². The van der Waals surface area contributed by atoms with Crippen LogP contribution < -0.4 is 5.73 Å². The van der Waals surface area contributed by atoms with Gasteiger partial charge < -0.3 is 10.8 Å². The molecule has 2 rings (SSSR count). The predicted octanol–water partition coefficient (Wildman–Crippen LogP) is 1.56. The number of aliphatic hydroxyl groups is 1. The Hall–Kier alpha value is -0.380. The Kier molecular flexibility index (Phi) is 2.67. The summed E-state index contributed by atoms with van der Waals surface area (Å²) in [6, 6.07) is 4.08. The van der Waals surface area contributed by atoms with Crippen LogP contribution in [0.1, 0.15) is 23.6 Å². The fourth-order valence-electron chi connectivity index (χ4n) is 1.69. The first-order valence-electron chi connectivity index (χ1n) is 4.74. The average Bonchev–Trinajstić information content (AvgIpc) is 2.86. The molecule has 0 bridgehead atoms. The lowest BCUT2D eigenvalue weighted by molar-refractivity contribution is 0.124. The van der Waals surface area contributed by atoms with Crippen LogP contribution in [0.4, 0.5) is 0 Å². The zero-order chi connectivity index (χ0) is 9.26. The molecule has 0 spiro atoms. The van der Waals surface area contributed by atoms with E-state index in [0.717, 1.165) is 0 Å². The van der Waals surface area contributed by atoms with Gasteiger partial charge in [-0.25, -0.2) is 0 Å². The number of hydrogen-bond acceptors (Lipinski definition) is 3. The van der Waals surface area contributed by atoms with Gasteiger partial charge in [0, 0.05) is 17.3 Å². The minimum Gasteiger partial charge on any atom is -0.392 e. The number of hydrogen-bond donors (Lipinski definition) is 2. The van der Waals surface area contributed by atoms with Gasteiger partial charge in [-0.1, -0.05) is 6.07 Å². The molecule has 3 N–H and O–H groups in total. The molecule has 0 aromatic carbocycles. The standard InChI is InChI=1S/C10H15NOS/c11-6-8(9-2-1-5-13-9)10(12)7-3-4-7/h1-2,5,7-8,10,12H,3-4,6,11H2. The number of aliphatic hydroxyl groups excluding tert-OH is 1. The van der Waals surface area contributed by atoms with E-state index >= 15 is 0 Å². The van der Waals surface area contributed by atoms with Crippen molar-refractivity contribution in [3.63, 3.8) is 0 Å². The first-order chi connectivity index (χ1) is 6.33. The molecule has 1 aliphatic carbocycles. The SMILES string of the molecule is NCC(c1cccs1)C(O)C1CC1. The van der Waals surface area contributed by atoms with Crippen molar-refractivity contribution in [1.29, 1.82) is 0 Å². The smallest absolute Gasteiger partial charge is 0.0656 e. The third-order valence-electron chi connectivity index (χ3n) is 2.68. The van der Waals surface area contributed by atoms with E-state index in [-0.39, 0.29) is 12.0 Å². The molecule has 72 valence electrons. The van der Waals surface area contributed by atoms with Crippen LogP contribution in [0.2, 0.25) is 0 Å². The van der Waals surface area contributed by atoms with Crippen LogP contribution in [-0.4, -0.2) is 17.8 Å². The van der Waals surface area contributed by atoms with Gasteiger partial charge in [0.2, 0.25) is 0 Å². The maximum Gasteiger partial charge on any atom is 0.0656 e. The van der Waals surface area contributed by atoms with Gasteiger partial charge in [0.25, 0.3) is 0 Å². The molecular weight excluding hydrogens is 182 g/mol. The first-order valence-corrected chi connectivity index (χ1v) is 5.62. The van der Waals surface area contributed by atoms with E-state index in [9.17, 15) is 5.11 Å². The van der Waals surface area contributed by atoms with Gasteiger partial charge in [0.1, 0.15) is 0 Å². The quantitative estimate of drug-likeness (QED) is 0.769. The first kappa shape index (κ1) is 9.19. The molecule has 1 aromatic heterocycles. The number of nitrogens with two attached hydrogens (primary N) is 1. The van der Waals surface area contributed by atoms with Crippen molar-refractivity contribution in [2.45, 2.75) is 24.9 Å². The van der Waals surface area contributed by atoms with Gasteiger partial charge in [-0.05, 0) is 30.2 Å². The molecular formula is C10H15NOS. The van der Waals surface area contributed by atoms with Gasteiger partial charge in [-0.3, -0.25) is 0 Å². The van der Waals surface area contributed by atoms with Gasteiger partial charge in [0.05, 0.1) is 6.10 Å². The monoisotopic (exact) mass is 197 g/mol. The summed E-state index contributed by atoms with van der Waals surface area (Å²) < 4.78 is 0. The molecule has 1 aliphatic rings. The highest BCUT2D eigenvalue weighted by Crippen LogP contribution is 2.39. The molecule has 0 radical (unpaired) electrons. The molecule has 1 heterocycles. The minimum atomic E-state index is -0.219. The molecule has 0 saturated heterocycles. The zero-order valence-electron chi connectivity index (χ0n) is 7.52. The minimum absolute atomic E-state index is 0.160. The van der Waals surface area contributed by atoms with E-state index in [0.29, 0.717) is 12.5 Å². The largest absolute Gasteiger partial charge is 0.392 e. The highest BCUT2D eigenvalue weighted by atomic mass is 32.1. The van der Waals surface area contributed by atoms with Gasteiger partial charge in [-0.15, -0.1) is 11.3 Å². The summed E-state index contributed by atoms with van der Waals surface area (Å²) >= 11 is 1.69. The van der Waals surface area contributed by atoms with Gasteiger partial charge in [0.15, 0.2) is 0 Å². The Labute approximate surface area is 82.4 Å². The number of thiophene rings is 1. The van der Waals surface area contributed by atoms with E-state index < -0.39 is 0 Å². The second-order valence-corrected chi connectivity index (χ2v) is 4.66. The molecule has 1 fully saturated rings. The highest BCUT2D eigenvalue weighted by molar-refractivity contribution is 7.10. The van der Waals surface area contributed by atoms with E-state index in [4.69, 9.17) is 5.73 Å². The molecule has 1 saturated carbocycles. The Balaban J connectivity index is 2.08. The van der Waals surface area contributed by atoms with Crippen LogP contribution in [0.15, 0.2) is 17.5 Å². The Bertz CT molecular complexity index is 256. The summed E-state index contributed by atoms with van der Waals surface area (Å²) in [6.07, 6.45) is 2.12. The van der Waals surface area contributed by atoms with Crippen LogP contribution in [0, 0.1) is 5.92 Å². The van der Waals surface area contributed by atoms with Crippen molar-refractivity contribution in [2.24, 2.45) is 11.7 Å². The lowest BCUT2D eigenvalue weighted by atomic mass is 9.97. The van der Waals surface area contributed by atoms with E-state index in [1.54, 1.807) is 11.3 Å². The molecule has 0 aliphatic heterocycles. The normalized spacial score (nSPS) is 21.4. The van der Waals surface area contributed by atoms with Crippen molar-refractivity contribution in [1.82, 2.24) is 0 Å². The molecule has 2 unspecified atom stereocenters. The fourth-order valence-corrected chi connectivity index (χ4v) is 2.57. The maximum absolute atomic E-state index is 9.95. The van der Waals surface area contributed by atoms with Crippen molar-refractivity contribution in [2.75, 3.05) is 6.54 Å². The summed E-state index contributed by atoms with van der Waals surface area (Å²) in [5, 5.41) is 12.0. The van der Waals surface area contributed by atoms with Crippen molar-refractivity contribution < 1.29 is 5.11 Å². The summed E-state index contributed by atoms with van der Waals surface area (Å²) in [6.45, 7) is 0.554. The highest BCUT2D eigenvalue weighted by Gasteiger charge is 2.35. The summed E-state index contributed by atoms with van der Waals surface area (Å²) in [7, 11) is 0. The van der Waals surface area contributed by atoms with Crippen LogP contribution in [0.25, 0.3) is 0 Å². The molecule has 0 amide bonds. The third kappa shape index (κ3) is 1.93. The van der Waals surface area contributed by atoms with Crippen LogP contribution >= 0.6 is 11.3 Å². The van der Waals surface area contributed by atoms with E-state index in [2.05, 4.69) is 6.07 Å². The second kappa shape index (κ2) is 3.78. The van der Waals surface area contributed by atoms with Crippen molar-refractivity contribution in [3.05, 3.63) is 22.4 Å². The van der Waals surface area contributed by atoms with E-state index in [1.807, 2.05) is 11.4 Å². The van der Waals surface area contributed by atoms with Crippen molar-refractivity contribution >= 4 is 11.3 Å². The summed E-state index contributed by atoms with van der Waals surface area (Å²) in [5.41, 5.74) is 5.68. The zero-order valence-corrected chi connectivity index (χ0v) is 8.33. The third-order valence-corrected chi connectivity index (χ3v) is 3.68. The molecule has 2 atom stereocenters. The van der Waals surface area contributed by atoms with E-state index in [1.165, 1.54) is 17.7 Å². The molecule has 2 nitrogen and oxygen atoms in total. The average molecular weight is 197 g/mol.